The second kappa shape index (κ2) is 14.6. The first-order valence-electron chi connectivity index (χ1n) is 11.3. The van der Waals surface area contributed by atoms with Gasteiger partial charge >= 0.3 is 19.5 Å². The number of ether oxygens (including phenoxy) is 2. The standard InChI is InChI=1S/2C15H15NO2.Zn/c2*1-11-6-8-13(9-7-11)16-10-12-4-3-5-14(18-2)15(12)17;/h2*3-10,17H,1-2H3;/q;;+2/p-2. The molecule has 0 saturated heterocycles. The van der Waals surface area contributed by atoms with Gasteiger partial charge in [-0.2, -0.15) is 0 Å². The van der Waals surface area contributed by atoms with E-state index in [1.165, 1.54) is 25.3 Å². The number of nitrogens with zero attached hydrogens (tertiary/aromatic N) is 2. The molecule has 0 heterocycles. The van der Waals surface area contributed by atoms with E-state index in [4.69, 9.17) is 9.47 Å². The van der Waals surface area contributed by atoms with Gasteiger partial charge < -0.3 is 19.7 Å². The Bertz CT molecular complexity index is 1230. The van der Waals surface area contributed by atoms with Crippen LogP contribution in [-0.2, 0) is 19.5 Å². The predicted molar refractivity (Wildman–Crippen MR) is 142 cm³/mol. The molecule has 0 fully saturated rings. The normalized spacial score (nSPS) is 10.5. The molecule has 4 aromatic carbocycles. The second-order valence-corrected chi connectivity index (χ2v) is 7.94. The second-order valence-electron chi connectivity index (χ2n) is 7.94. The third-order valence-corrected chi connectivity index (χ3v) is 5.23. The molecule has 37 heavy (non-hydrogen) atoms. The van der Waals surface area contributed by atoms with Crippen LogP contribution in [0.1, 0.15) is 22.3 Å². The summed E-state index contributed by atoms with van der Waals surface area (Å²) in [5, 5.41) is 23.7. The molecular weight excluding hydrogens is 518 g/mol. The number of methoxy groups -OCH3 is 2. The van der Waals surface area contributed by atoms with E-state index in [2.05, 4.69) is 9.98 Å². The average molecular weight is 546 g/mol. The molecular formula is C30H28N2O4Zn. The van der Waals surface area contributed by atoms with Crippen LogP contribution in [0.4, 0.5) is 11.4 Å². The van der Waals surface area contributed by atoms with Crippen molar-refractivity contribution >= 4 is 23.8 Å². The summed E-state index contributed by atoms with van der Waals surface area (Å²) in [6.07, 6.45) is 3.13. The minimum absolute atomic E-state index is 0. The van der Waals surface area contributed by atoms with Gasteiger partial charge in [-0.05, 0) is 61.4 Å². The molecule has 0 saturated carbocycles. The Balaban J connectivity index is 0.000000253. The minimum Gasteiger partial charge on any atom is -0.870 e. The molecule has 6 nitrogen and oxygen atoms in total. The molecule has 4 rings (SSSR count). The Morgan fingerprint density at radius 1 is 0.568 bits per heavy atom. The summed E-state index contributed by atoms with van der Waals surface area (Å²) in [6.45, 7) is 4.04. The van der Waals surface area contributed by atoms with E-state index in [1.54, 1.807) is 48.8 Å². The summed E-state index contributed by atoms with van der Waals surface area (Å²) in [6, 6.07) is 25.9. The van der Waals surface area contributed by atoms with Gasteiger partial charge in [-0.15, -0.1) is 0 Å². The van der Waals surface area contributed by atoms with Crippen molar-refractivity contribution in [2.45, 2.75) is 13.8 Å². The van der Waals surface area contributed by atoms with E-state index in [-0.39, 0.29) is 31.0 Å². The number of para-hydroxylation sites is 2. The van der Waals surface area contributed by atoms with Crippen LogP contribution in [0.15, 0.2) is 94.9 Å². The minimum atomic E-state index is -0.143. The van der Waals surface area contributed by atoms with Crippen molar-refractivity contribution in [3.8, 4) is 23.0 Å². The topological polar surface area (TPSA) is 89.3 Å². The summed E-state index contributed by atoms with van der Waals surface area (Å²) in [7, 11) is 2.97. The Morgan fingerprint density at radius 2 is 0.919 bits per heavy atom. The third kappa shape index (κ3) is 8.58. The molecule has 0 aliphatic carbocycles. The first-order chi connectivity index (χ1) is 17.4. The first kappa shape index (κ1) is 29.3. The van der Waals surface area contributed by atoms with Crippen LogP contribution in [0, 0.1) is 13.8 Å². The number of hydrogen-bond acceptors (Lipinski definition) is 6. The van der Waals surface area contributed by atoms with Gasteiger partial charge in [0, 0.05) is 12.4 Å². The van der Waals surface area contributed by atoms with Crippen LogP contribution < -0.4 is 19.7 Å². The fraction of sp³-hybridized carbons (Fsp3) is 0.133. The van der Waals surface area contributed by atoms with E-state index < -0.39 is 0 Å². The summed E-state index contributed by atoms with van der Waals surface area (Å²) >= 11 is 0. The Labute approximate surface area is 230 Å². The molecule has 0 atom stereocenters. The molecule has 0 aromatic heterocycles. The molecule has 0 radical (unpaired) electrons. The fourth-order valence-electron chi connectivity index (χ4n) is 3.14. The van der Waals surface area contributed by atoms with Crippen LogP contribution in [0.2, 0.25) is 0 Å². The van der Waals surface area contributed by atoms with Gasteiger partial charge in [-0.3, -0.25) is 9.98 Å². The van der Waals surface area contributed by atoms with E-state index >= 15 is 0 Å². The zero-order chi connectivity index (χ0) is 25.9. The molecule has 0 amide bonds. The summed E-state index contributed by atoms with van der Waals surface area (Å²) in [4.78, 5) is 8.55. The maximum atomic E-state index is 11.9. The zero-order valence-electron chi connectivity index (χ0n) is 21.5. The van der Waals surface area contributed by atoms with Crippen molar-refractivity contribution < 1.29 is 39.2 Å². The zero-order valence-corrected chi connectivity index (χ0v) is 24.4. The van der Waals surface area contributed by atoms with Crippen molar-refractivity contribution in [2.75, 3.05) is 14.2 Å². The maximum absolute atomic E-state index is 11.9. The van der Waals surface area contributed by atoms with Gasteiger partial charge in [0.05, 0.1) is 25.6 Å². The van der Waals surface area contributed by atoms with Gasteiger partial charge in [0.15, 0.2) is 0 Å². The number of aliphatic imine (C=N–C) groups is 2. The van der Waals surface area contributed by atoms with Crippen LogP contribution in [0.3, 0.4) is 0 Å². The molecule has 0 N–H and O–H groups in total. The number of hydrogen-bond donors (Lipinski definition) is 0. The van der Waals surface area contributed by atoms with Crippen molar-refractivity contribution in [3.63, 3.8) is 0 Å². The van der Waals surface area contributed by atoms with Crippen molar-refractivity contribution in [1.82, 2.24) is 0 Å². The first-order valence-corrected chi connectivity index (χ1v) is 11.3. The monoisotopic (exact) mass is 544 g/mol. The molecule has 0 aliphatic rings. The number of benzene rings is 4. The smallest absolute Gasteiger partial charge is 0.870 e. The van der Waals surface area contributed by atoms with Gasteiger partial charge in [0.2, 0.25) is 0 Å². The molecule has 0 bridgehead atoms. The van der Waals surface area contributed by atoms with E-state index in [9.17, 15) is 10.2 Å². The third-order valence-electron chi connectivity index (χ3n) is 5.23. The van der Waals surface area contributed by atoms with Gasteiger partial charge in [-0.1, -0.05) is 71.2 Å². The molecule has 0 spiro atoms. The van der Waals surface area contributed by atoms with E-state index in [1.807, 2.05) is 62.4 Å². The average Bonchev–Trinajstić information content (AvgIpc) is 2.90. The predicted octanol–water partition coefficient (Wildman–Crippen LogP) is 5.65. The van der Waals surface area contributed by atoms with Crippen LogP contribution in [-0.4, -0.2) is 26.6 Å². The van der Waals surface area contributed by atoms with Gasteiger partial charge in [0.1, 0.15) is 11.5 Å². The van der Waals surface area contributed by atoms with Gasteiger partial charge in [-0.25, -0.2) is 0 Å². The number of rotatable bonds is 6. The SMILES string of the molecule is COc1cccc(C=Nc2ccc(C)cc2)c1[O-].COc1cccc(C=Nc2ccc(C)cc2)c1[O-].[Zn+2]. The Kier molecular flexibility index (Phi) is 11.5. The van der Waals surface area contributed by atoms with Crippen molar-refractivity contribution in [1.29, 1.82) is 0 Å². The summed E-state index contributed by atoms with van der Waals surface area (Å²) in [5.41, 5.74) is 5.05. The molecule has 0 unspecified atom stereocenters. The van der Waals surface area contributed by atoms with Crippen molar-refractivity contribution in [3.05, 3.63) is 107 Å². The van der Waals surface area contributed by atoms with E-state index in [0.717, 1.165) is 11.4 Å². The van der Waals surface area contributed by atoms with Crippen LogP contribution in [0.5, 0.6) is 23.0 Å². The maximum Gasteiger partial charge on any atom is 2.00 e. The van der Waals surface area contributed by atoms with Crippen molar-refractivity contribution in [2.24, 2.45) is 9.98 Å². The quantitative estimate of drug-likeness (QED) is 0.231. The molecule has 7 heteroatoms. The Morgan fingerprint density at radius 3 is 1.24 bits per heavy atom. The summed E-state index contributed by atoms with van der Waals surface area (Å²) < 4.78 is 9.96. The fourth-order valence-corrected chi connectivity index (χ4v) is 3.14. The molecule has 4 aromatic rings. The number of aryl methyl sites for hydroxylation is 2. The summed E-state index contributed by atoms with van der Waals surface area (Å²) in [5.74, 6) is 0.387. The Hall–Kier alpha value is -3.96. The molecule has 0 aliphatic heterocycles. The van der Waals surface area contributed by atoms with Gasteiger partial charge in [0.25, 0.3) is 0 Å². The van der Waals surface area contributed by atoms with Crippen LogP contribution >= 0.6 is 0 Å². The largest absolute Gasteiger partial charge is 2.00 e. The van der Waals surface area contributed by atoms with Crippen LogP contribution in [0.25, 0.3) is 0 Å². The van der Waals surface area contributed by atoms with E-state index in [0.29, 0.717) is 22.6 Å². The molecule has 184 valence electrons.